The largest absolute Gasteiger partial charge is 0.354 e. The average molecular weight is 316 g/mol. The van der Waals surface area contributed by atoms with Crippen LogP contribution in [-0.2, 0) is 18.3 Å². The molecule has 1 aromatic carbocycles. The van der Waals surface area contributed by atoms with E-state index in [9.17, 15) is 9.59 Å². The first-order chi connectivity index (χ1) is 10.7. The molecular weight excluding hydrogens is 292 g/mol. The van der Waals surface area contributed by atoms with Crippen LogP contribution in [0.5, 0.6) is 0 Å². The Balaban J connectivity index is 2.21. The van der Waals surface area contributed by atoms with Gasteiger partial charge in [0.2, 0.25) is 5.91 Å². The third-order valence-electron chi connectivity index (χ3n) is 4.29. The van der Waals surface area contributed by atoms with Gasteiger partial charge in [-0.25, -0.2) is 4.68 Å². The molecule has 0 spiro atoms. The van der Waals surface area contributed by atoms with Gasteiger partial charge in [0.25, 0.3) is 5.56 Å². The van der Waals surface area contributed by atoms with E-state index in [0.717, 1.165) is 5.39 Å². The van der Waals surface area contributed by atoms with Crippen LogP contribution in [0.3, 0.4) is 0 Å². The van der Waals surface area contributed by atoms with Crippen LogP contribution in [0.1, 0.15) is 19.5 Å². The van der Waals surface area contributed by atoms with Gasteiger partial charge in [-0.3, -0.25) is 9.59 Å². The van der Waals surface area contributed by atoms with Crippen LogP contribution in [0.2, 0.25) is 0 Å². The first-order valence-corrected chi connectivity index (χ1v) is 7.61. The van der Waals surface area contributed by atoms with Gasteiger partial charge in [0.1, 0.15) is 0 Å². The van der Waals surface area contributed by atoms with Gasteiger partial charge in [-0.2, -0.15) is 5.10 Å². The molecule has 6 nitrogen and oxygen atoms in total. The molecule has 0 fully saturated rings. The molecule has 0 aliphatic heterocycles. The second kappa shape index (κ2) is 6.50. The fraction of sp³-hybridized carbons (Fsp3) is 0.471. The van der Waals surface area contributed by atoms with E-state index in [4.69, 9.17) is 0 Å². The molecule has 23 heavy (non-hydrogen) atoms. The number of fused-ring (bicyclic) bond motifs is 1. The summed E-state index contributed by atoms with van der Waals surface area (Å²) in [7, 11) is 5.56. The quantitative estimate of drug-likeness (QED) is 0.891. The fourth-order valence-corrected chi connectivity index (χ4v) is 2.19. The Hall–Kier alpha value is -2.21. The second-order valence-electron chi connectivity index (χ2n) is 6.58. The molecule has 2 rings (SSSR count). The number of nitrogens with zero attached hydrogens (tertiary/aromatic N) is 3. The van der Waals surface area contributed by atoms with Crippen molar-refractivity contribution in [1.29, 1.82) is 0 Å². The summed E-state index contributed by atoms with van der Waals surface area (Å²) < 4.78 is 1.29. The lowest BCUT2D eigenvalue weighted by Crippen LogP contribution is -2.48. The predicted molar refractivity (Wildman–Crippen MR) is 91.5 cm³/mol. The van der Waals surface area contributed by atoms with Gasteiger partial charge in [0.05, 0.1) is 17.5 Å². The van der Waals surface area contributed by atoms with Gasteiger partial charge < -0.3 is 10.2 Å². The molecule has 1 N–H and O–H groups in total. The lowest BCUT2D eigenvalue weighted by atomic mass is 10.0. The van der Waals surface area contributed by atoms with Gasteiger partial charge in [-0.1, -0.05) is 18.2 Å². The summed E-state index contributed by atoms with van der Waals surface area (Å²) in [5.74, 6) is -0.101. The van der Waals surface area contributed by atoms with E-state index in [1.807, 2.05) is 32.3 Å². The normalized spacial score (nSPS) is 11.9. The molecule has 1 amide bonds. The number of aryl methyl sites for hydroxylation is 1. The Morgan fingerprint density at radius 2 is 1.87 bits per heavy atom. The van der Waals surface area contributed by atoms with E-state index in [0.29, 0.717) is 17.6 Å². The smallest absolute Gasteiger partial charge is 0.274 e. The standard InChI is InChI=1S/C17H24N4O2/c1-17(2,20(3)4)11-18-15(22)10-14-12-8-6-7-9-13(12)16(23)21(5)19-14/h6-9H,10-11H2,1-5H3,(H,18,22). The van der Waals surface area contributed by atoms with Crippen LogP contribution >= 0.6 is 0 Å². The second-order valence-corrected chi connectivity index (χ2v) is 6.58. The summed E-state index contributed by atoms with van der Waals surface area (Å²) in [4.78, 5) is 26.4. The maximum atomic E-state index is 12.3. The number of benzene rings is 1. The molecule has 0 saturated heterocycles. The van der Waals surface area contributed by atoms with Gasteiger partial charge >= 0.3 is 0 Å². The lowest BCUT2D eigenvalue weighted by Gasteiger charge is -2.32. The number of likely N-dealkylation sites (N-methyl/N-ethyl adjacent to an activating group) is 1. The molecular formula is C17H24N4O2. The Kier molecular flexibility index (Phi) is 4.85. The number of carbonyl (C=O) groups excluding carboxylic acids is 1. The third kappa shape index (κ3) is 3.76. The molecule has 2 aromatic rings. The van der Waals surface area contributed by atoms with Crippen LogP contribution in [-0.4, -0.2) is 46.8 Å². The maximum absolute atomic E-state index is 12.3. The minimum atomic E-state index is -0.154. The third-order valence-corrected chi connectivity index (χ3v) is 4.29. The number of rotatable bonds is 5. The Morgan fingerprint density at radius 3 is 2.48 bits per heavy atom. The van der Waals surface area contributed by atoms with Crippen molar-refractivity contribution in [2.75, 3.05) is 20.6 Å². The molecule has 124 valence electrons. The number of carbonyl (C=O) groups is 1. The van der Waals surface area contributed by atoms with Crippen LogP contribution in [0.25, 0.3) is 10.8 Å². The molecule has 1 aromatic heterocycles. The average Bonchev–Trinajstić information content (AvgIpc) is 2.50. The highest BCUT2D eigenvalue weighted by atomic mass is 16.1. The van der Waals surface area contributed by atoms with Crippen LogP contribution in [0.15, 0.2) is 29.1 Å². The van der Waals surface area contributed by atoms with Crippen LogP contribution in [0, 0.1) is 0 Å². The summed E-state index contributed by atoms with van der Waals surface area (Å²) in [5, 5.41) is 8.52. The fourth-order valence-electron chi connectivity index (χ4n) is 2.19. The van der Waals surface area contributed by atoms with Crippen LogP contribution in [0.4, 0.5) is 0 Å². The van der Waals surface area contributed by atoms with E-state index in [1.165, 1.54) is 4.68 Å². The lowest BCUT2D eigenvalue weighted by molar-refractivity contribution is -0.121. The monoisotopic (exact) mass is 316 g/mol. The van der Waals surface area contributed by atoms with Crippen molar-refractivity contribution in [3.05, 3.63) is 40.3 Å². The zero-order chi connectivity index (χ0) is 17.2. The number of aromatic nitrogens is 2. The first-order valence-electron chi connectivity index (χ1n) is 7.61. The topological polar surface area (TPSA) is 67.2 Å². The van der Waals surface area contributed by atoms with Crippen LogP contribution < -0.4 is 10.9 Å². The molecule has 0 radical (unpaired) electrons. The minimum absolute atomic E-state index is 0.101. The highest BCUT2D eigenvalue weighted by Gasteiger charge is 2.21. The summed E-state index contributed by atoms with van der Waals surface area (Å²) >= 11 is 0. The molecule has 0 bridgehead atoms. The zero-order valence-electron chi connectivity index (χ0n) is 14.4. The van der Waals surface area contributed by atoms with E-state index >= 15 is 0 Å². The Labute approximate surface area is 136 Å². The van der Waals surface area contributed by atoms with Crippen molar-refractivity contribution in [2.24, 2.45) is 7.05 Å². The highest BCUT2D eigenvalue weighted by Crippen LogP contribution is 2.14. The van der Waals surface area contributed by atoms with E-state index in [2.05, 4.69) is 29.2 Å². The van der Waals surface area contributed by atoms with Gasteiger partial charge in [-0.05, 0) is 34.0 Å². The van der Waals surface area contributed by atoms with Gasteiger partial charge in [0.15, 0.2) is 0 Å². The van der Waals surface area contributed by atoms with Crippen molar-refractivity contribution in [3.8, 4) is 0 Å². The number of nitrogens with one attached hydrogen (secondary N) is 1. The predicted octanol–water partition coefficient (Wildman–Crippen LogP) is 0.932. The minimum Gasteiger partial charge on any atom is -0.354 e. The van der Waals surface area contributed by atoms with Crippen molar-refractivity contribution in [2.45, 2.75) is 25.8 Å². The number of amides is 1. The van der Waals surface area contributed by atoms with Crippen molar-refractivity contribution in [1.82, 2.24) is 20.0 Å². The number of hydrogen-bond acceptors (Lipinski definition) is 4. The van der Waals surface area contributed by atoms with Gasteiger partial charge in [0, 0.05) is 24.5 Å². The van der Waals surface area contributed by atoms with Gasteiger partial charge in [-0.15, -0.1) is 0 Å². The van der Waals surface area contributed by atoms with E-state index in [-0.39, 0.29) is 23.4 Å². The zero-order valence-corrected chi connectivity index (χ0v) is 14.4. The molecule has 6 heteroatoms. The van der Waals surface area contributed by atoms with Crippen molar-refractivity contribution in [3.63, 3.8) is 0 Å². The summed E-state index contributed by atoms with van der Waals surface area (Å²) in [6, 6.07) is 7.25. The molecule has 0 aliphatic rings. The van der Waals surface area contributed by atoms with Crippen molar-refractivity contribution < 1.29 is 4.79 Å². The molecule has 0 saturated carbocycles. The first kappa shape index (κ1) is 17.1. The highest BCUT2D eigenvalue weighted by molar-refractivity contribution is 5.88. The molecule has 1 heterocycles. The number of hydrogen-bond donors (Lipinski definition) is 1. The van der Waals surface area contributed by atoms with Crippen molar-refractivity contribution >= 4 is 16.7 Å². The molecule has 0 unspecified atom stereocenters. The molecule has 0 atom stereocenters. The summed E-state index contributed by atoms with van der Waals surface area (Å²) in [6.45, 7) is 4.67. The summed E-state index contributed by atoms with van der Waals surface area (Å²) in [5.41, 5.74) is 0.329. The Bertz CT molecular complexity index is 778. The molecule has 0 aliphatic carbocycles. The maximum Gasteiger partial charge on any atom is 0.274 e. The van der Waals surface area contributed by atoms with E-state index < -0.39 is 0 Å². The SMILES string of the molecule is CN(C)C(C)(C)CNC(=O)Cc1nn(C)c(=O)c2ccccc12. The summed E-state index contributed by atoms with van der Waals surface area (Å²) in [6.07, 6.45) is 0.151. The Morgan fingerprint density at radius 1 is 1.26 bits per heavy atom. The van der Waals surface area contributed by atoms with E-state index in [1.54, 1.807) is 13.1 Å².